The highest BCUT2D eigenvalue weighted by molar-refractivity contribution is 5.97. The quantitative estimate of drug-likeness (QED) is 0.0192. The molecule has 4 aromatic rings. The summed E-state index contributed by atoms with van der Waals surface area (Å²) in [6, 6.07) is 13.8. The molecule has 21 nitrogen and oxygen atoms in total. The fourth-order valence-corrected chi connectivity index (χ4v) is 7.22. The number of amides is 6. The number of phenolic OH excluding ortho intramolecular Hbond substituents is 1. The molecule has 1 aromatic heterocycles. The lowest BCUT2D eigenvalue weighted by molar-refractivity contribution is -0.142. The summed E-state index contributed by atoms with van der Waals surface area (Å²) in [5.41, 5.74) is 25.0. The molecule has 360 valence electrons. The SMILES string of the molecule is N=C(N)NCCC[C@H](NC(=O)[C@H](Cc1ccc(O)cc1)NC(=O)[C@H](CCC(N)=O)NC(=O)[C@@H](N)CCCCN)C(=O)N[C@@H](Cc1ccccc1)C(=O)N[C@@H](Cc1c[nH]c2ccccc12)C(=O)O. The van der Waals surface area contributed by atoms with Gasteiger partial charge in [0.1, 0.15) is 36.0 Å². The normalized spacial score (nSPS) is 13.7. The average molecular weight is 927 g/mol. The van der Waals surface area contributed by atoms with Crippen LogP contribution in [0.2, 0.25) is 0 Å². The van der Waals surface area contributed by atoms with Crippen molar-refractivity contribution in [1.82, 2.24) is 36.9 Å². The van der Waals surface area contributed by atoms with Gasteiger partial charge in [-0.05, 0) is 73.5 Å². The van der Waals surface area contributed by atoms with Gasteiger partial charge in [0.2, 0.25) is 35.4 Å². The van der Waals surface area contributed by atoms with Crippen LogP contribution >= 0.6 is 0 Å². The van der Waals surface area contributed by atoms with Crippen LogP contribution in [0.3, 0.4) is 0 Å². The van der Waals surface area contributed by atoms with Gasteiger partial charge in [-0.25, -0.2) is 4.79 Å². The Bertz CT molecular complexity index is 2310. The number of hydrogen-bond donors (Lipinski definition) is 14. The van der Waals surface area contributed by atoms with Crippen molar-refractivity contribution in [2.75, 3.05) is 13.1 Å². The standard InChI is InChI=1S/C46H62N12O9/c47-21-7-6-12-32(48)40(61)54-35(19-20-39(49)60)42(63)57-37(24-28-15-17-30(59)18-16-28)43(64)55-34(14-8-22-52-46(50)51)41(62)56-36(23-27-9-2-1-3-10-27)44(65)58-38(45(66)67)25-29-26-53-33-13-5-4-11-31(29)33/h1-5,9-11,13,15-18,26,32,34-38,53,59H,6-8,12,14,19-25,47-48H2,(H2,49,60)(H,54,61)(H,55,64)(H,56,62)(H,57,63)(H,58,65)(H,66,67)(H4,50,51,52)/t32-,34-,35-,36-,37-,38-/m0/s1. The van der Waals surface area contributed by atoms with Crippen LogP contribution in [0.5, 0.6) is 5.75 Å². The molecule has 3 aromatic carbocycles. The van der Waals surface area contributed by atoms with Crippen molar-refractivity contribution in [3.8, 4) is 5.75 Å². The second-order valence-corrected chi connectivity index (χ2v) is 16.1. The van der Waals surface area contributed by atoms with Gasteiger partial charge in [0.15, 0.2) is 5.96 Å². The van der Waals surface area contributed by atoms with E-state index in [1.54, 1.807) is 36.5 Å². The van der Waals surface area contributed by atoms with E-state index in [0.29, 0.717) is 36.1 Å². The number of primary amides is 1. The topological polar surface area (TPSA) is 376 Å². The number of para-hydroxylation sites is 1. The van der Waals surface area contributed by atoms with Crippen LogP contribution in [0.1, 0.15) is 61.6 Å². The number of nitrogens with two attached hydrogens (primary N) is 4. The largest absolute Gasteiger partial charge is 0.508 e. The van der Waals surface area contributed by atoms with Crippen LogP contribution < -0.4 is 54.8 Å². The third-order valence-corrected chi connectivity index (χ3v) is 10.9. The van der Waals surface area contributed by atoms with Crippen LogP contribution in [0.4, 0.5) is 0 Å². The molecule has 21 heteroatoms. The number of H-pyrrole nitrogens is 1. The molecule has 6 amide bonds. The maximum Gasteiger partial charge on any atom is 0.326 e. The maximum absolute atomic E-state index is 14.4. The molecule has 0 radical (unpaired) electrons. The number of carbonyl (C=O) groups is 7. The molecule has 4 rings (SSSR count). The number of phenols is 1. The monoisotopic (exact) mass is 926 g/mol. The van der Waals surface area contributed by atoms with Crippen LogP contribution in [0, 0.1) is 5.41 Å². The zero-order valence-corrected chi connectivity index (χ0v) is 37.1. The molecule has 0 spiro atoms. The van der Waals surface area contributed by atoms with E-state index in [0.717, 1.165) is 10.9 Å². The van der Waals surface area contributed by atoms with Gasteiger partial charge in [-0.2, -0.15) is 0 Å². The molecule has 18 N–H and O–H groups in total. The van der Waals surface area contributed by atoms with Gasteiger partial charge in [0.05, 0.1) is 6.04 Å². The average Bonchev–Trinajstić information content (AvgIpc) is 3.71. The van der Waals surface area contributed by atoms with Gasteiger partial charge >= 0.3 is 5.97 Å². The third-order valence-electron chi connectivity index (χ3n) is 10.9. The van der Waals surface area contributed by atoms with Crippen LogP contribution in [-0.4, -0.2) is 112 Å². The summed E-state index contributed by atoms with van der Waals surface area (Å²) in [5, 5.41) is 44.3. The van der Waals surface area contributed by atoms with E-state index in [4.69, 9.17) is 28.3 Å². The van der Waals surface area contributed by atoms with Crippen molar-refractivity contribution in [3.05, 3.63) is 102 Å². The number of carboxylic acids is 1. The molecule has 0 fully saturated rings. The molecule has 0 aliphatic rings. The molecule has 6 atom stereocenters. The van der Waals surface area contributed by atoms with Crippen molar-refractivity contribution >= 4 is 58.3 Å². The predicted octanol–water partition coefficient (Wildman–Crippen LogP) is -0.605. The Morgan fingerprint density at radius 3 is 1.75 bits per heavy atom. The number of aromatic hydroxyl groups is 1. The summed E-state index contributed by atoms with van der Waals surface area (Å²) >= 11 is 0. The van der Waals surface area contributed by atoms with E-state index in [1.807, 2.05) is 24.3 Å². The highest BCUT2D eigenvalue weighted by Gasteiger charge is 2.33. The Morgan fingerprint density at radius 2 is 1.15 bits per heavy atom. The Kier molecular flexibility index (Phi) is 20.6. The van der Waals surface area contributed by atoms with E-state index >= 15 is 0 Å². The minimum absolute atomic E-state index is 0.0662. The molecule has 0 saturated carbocycles. The predicted molar refractivity (Wildman–Crippen MR) is 250 cm³/mol. The molecule has 67 heavy (non-hydrogen) atoms. The number of unbranched alkanes of at least 4 members (excludes halogenated alkanes) is 1. The first-order valence-corrected chi connectivity index (χ1v) is 22.0. The molecule has 1 heterocycles. The fraction of sp³-hybridized carbons (Fsp3) is 0.391. The number of carboxylic acid groups (broad SMARTS) is 1. The summed E-state index contributed by atoms with van der Waals surface area (Å²) in [4.78, 5) is 97.4. The first-order valence-electron chi connectivity index (χ1n) is 22.0. The van der Waals surface area contributed by atoms with Crippen LogP contribution in [0.25, 0.3) is 10.9 Å². The first-order chi connectivity index (χ1) is 32.0. The number of fused-ring (bicyclic) bond motifs is 1. The number of rotatable bonds is 28. The summed E-state index contributed by atoms with van der Waals surface area (Å²) in [5.74, 6) is -6.52. The number of aliphatic carboxylic acids is 1. The number of aromatic nitrogens is 1. The molecule has 0 unspecified atom stereocenters. The molecule has 0 aliphatic carbocycles. The lowest BCUT2D eigenvalue weighted by Crippen LogP contribution is -2.60. The Labute approximate surface area is 387 Å². The second kappa shape index (κ2) is 26.4. The van der Waals surface area contributed by atoms with Gasteiger partial charge < -0.3 is 70.0 Å². The number of aromatic amines is 1. The van der Waals surface area contributed by atoms with Crippen LogP contribution in [0.15, 0.2) is 85.1 Å². The van der Waals surface area contributed by atoms with Gasteiger partial charge in [0, 0.05) is 49.3 Å². The van der Waals surface area contributed by atoms with Crippen molar-refractivity contribution in [2.24, 2.45) is 22.9 Å². The number of benzene rings is 3. The van der Waals surface area contributed by atoms with E-state index in [-0.39, 0.29) is 69.6 Å². The smallest absolute Gasteiger partial charge is 0.326 e. The second-order valence-electron chi connectivity index (χ2n) is 16.1. The number of carbonyl (C=O) groups excluding carboxylic acids is 6. The van der Waals surface area contributed by atoms with E-state index in [1.165, 1.54) is 24.3 Å². The van der Waals surface area contributed by atoms with E-state index in [9.17, 15) is 43.8 Å². The fourth-order valence-electron chi connectivity index (χ4n) is 7.22. The zero-order valence-electron chi connectivity index (χ0n) is 37.1. The number of hydrogen-bond acceptors (Lipinski definition) is 11. The highest BCUT2D eigenvalue weighted by Crippen LogP contribution is 2.20. The van der Waals surface area contributed by atoms with Crippen molar-refractivity contribution in [3.63, 3.8) is 0 Å². The summed E-state index contributed by atoms with van der Waals surface area (Å²) in [6.45, 7) is 0.504. The third kappa shape index (κ3) is 17.4. The first kappa shape index (κ1) is 52.1. The minimum Gasteiger partial charge on any atom is -0.508 e. The zero-order chi connectivity index (χ0) is 48.9. The Balaban J connectivity index is 1.62. The number of guanidine groups is 1. The van der Waals surface area contributed by atoms with E-state index in [2.05, 4.69) is 36.9 Å². The molecular formula is C46H62N12O9. The van der Waals surface area contributed by atoms with Crippen LogP contribution in [-0.2, 0) is 52.8 Å². The summed E-state index contributed by atoms with van der Waals surface area (Å²) < 4.78 is 0. The molecular weight excluding hydrogens is 865 g/mol. The Hall–Kier alpha value is -7.52. The molecule has 0 aliphatic heterocycles. The van der Waals surface area contributed by atoms with Gasteiger partial charge in [-0.1, -0.05) is 67.1 Å². The maximum atomic E-state index is 14.4. The summed E-state index contributed by atoms with van der Waals surface area (Å²) in [6.07, 6.45) is 2.31. The number of nitrogens with one attached hydrogen (secondary N) is 8. The molecule has 0 bridgehead atoms. The highest BCUT2D eigenvalue weighted by atomic mass is 16.4. The van der Waals surface area contributed by atoms with Gasteiger partial charge in [-0.3, -0.25) is 34.2 Å². The van der Waals surface area contributed by atoms with E-state index < -0.39 is 77.7 Å². The molecule has 0 saturated heterocycles. The van der Waals surface area contributed by atoms with Crippen molar-refractivity contribution in [2.45, 2.75) is 100 Å². The van der Waals surface area contributed by atoms with Gasteiger partial charge in [0.25, 0.3) is 0 Å². The Morgan fingerprint density at radius 1 is 0.612 bits per heavy atom. The lowest BCUT2D eigenvalue weighted by Gasteiger charge is -2.27. The lowest BCUT2D eigenvalue weighted by atomic mass is 10.0. The van der Waals surface area contributed by atoms with Crippen molar-refractivity contribution in [1.29, 1.82) is 5.41 Å². The van der Waals surface area contributed by atoms with Crippen molar-refractivity contribution < 1.29 is 43.8 Å². The minimum atomic E-state index is -1.43. The summed E-state index contributed by atoms with van der Waals surface area (Å²) in [7, 11) is 0. The van der Waals surface area contributed by atoms with Gasteiger partial charge in [-0.15, -0.1) is 0 Å².